The number of carbonyl (C=O) groups is 1. The van der Waals surface area contributed by atoms with Crippen LogP contribution in [0.25, 0.3) is 0 Å². The lowest BCUT2D eigenvalue weighted by Crippen LogP contribution is -2.28. The van der Waals surface area contributed by atoms with Crippen molar-refractivity contribution >= 4 is 11.7 Å². The lowest BCUT2D eigenvalue weighted by molar-refractivity contribution is 0.0950. The van der Waals surface area contributed by atoms with Crippen LogP contribution >= 0.6 is 0 Å². The normalized spacial score (nSPS) is 17.3. The highest BCUT2D eigenvalue weighted by molar-refractivity contribution is 5.98. The summed E-state index contributed by atoms with van der Waals surface area (Å²) in [6.07, 6.45) is 10.6. The quantitative estimate of drug-likeness (QED) is 0.849. The molecule has 0 aromatic carbocycles. The smallest absolute Gasteiger partial charge is 0.255 e. The molecule has 0 atom stereocenters. The van der Waals surface area contributed by atoms with Crippen molar-refractivity contribution in [2.45, 2.75) is 51.2 Å². The Kier molecular flexibility index (Phi) is 5.51. The minimum Gasteiger partial charge on any atom is -0.474 e. The lowest BCUT2D eigenvalue weighted by atomic mass is 10.2. The largest absolute Gasteiger partial charge is 0.474 e. The van der Waals surface area contributed by atoms with Gasteiger partial charge in [0, 0.05) is 37.6 Å². The van der Waals surface area contributed by atoms with Gasteiger partial charge in [-0.1, -0.05) is 6.07 Å². The molecular formula is C21H26N4O2. The first-order valence-corrected chi connectivity index (χ1v) is 9.90. The number of aromatic nitrogens is 2. The maximum atomic E-state index is 12.8. The van der Waals surface area contributed by atoms with Crippen molar-refractivity contribution in [3.05, 3.63) is 47.8 Å². The Hall–Kier alpha value is -2.63. The zero-order chi connectivity index (χ0) is 18.5. The molecule has 1 N–H and O–H groups in total. The number of carbonyl (C=O) groups excluding carboxylic acids is 1. The molecular weight excluding hydrogens is 340 g/mol. The number of ether oxygens (including phenoxy) is 1. The average Bonchev–Trinajstić information content (AvgIpc) is 3.41. The molecule has 2 aliphatic rings. The summed E-state index contributed by atoms with van der Waals surface area (Å²) in [5.41, 5.74) is 1.53. The molecule has 2 fully saturated rings. The van der Waals surface area contributed by atoms with Gasteiger partial charge in [-0.05, 0) is 56.7 Å². The number of nitrogens with zero attached hydrogens (tertiary/aromatic N) is 3. The summed E-state index contributed by atoms with van der Waals surface area (Å²) >= 11 is 0. The number of anilines is 1. The third-order valence-corrected chi connectivity index (χ3v) is 5.31. The van der Waals surface area contributed by atoms with Crippen molar-refractivity contribution in [3.8, 4) is 5.88 Å². The zero-order valence-corrected chi connectivity index (χ0v) is 15.6. The molecule has 4 rings (SSSR count). The minimum atomic E-state index is -0.110. The Bertz CT molecular complexity index is 783. The molecule has 6 heteroatoms. The molecule has 1 saturated heterocycles. The van der Waals surface area contributed by atoms with E-state index in [1.807, 2.05) is 24.3 Å². The van der Waals surface area contributed by atoms with Gasteiger partial charge < -0.3 is 15.0 Å². The first kappa shape index (κ1) is 17.8. The Morgan fingerprint density at radius 2 is 1.81 bits per heavy atom. The van der Waals surface area contributed by atoms with Gasteiger partial charge in [0.2, 0.25) is 5.88 Å². The van der Waals surface area contributed by atoms with Gasteiger partial charge in [0.1, 0.15) is 11.9 Å². The van der Waals surface area contributed by atoms with Gasteiger partial charge in [0.05, 0.1) is 5.56 Å². The van der Waals surface area contributed by atoms with E-state index in [0.717, 1.165) is 50.2 Å². The van der Waals surface area contributed by atoms with Gasteiger partial charge in [-0.2, -0.15) is 0 Å². The molecule has 27 heavy (non-hydrogen) atoms. The summed E-state index contributed by atoms with van der Waals surface area (Å²) < 4.78 is 6.07. The monoisotopic (exact) mass is 366 g/mol. The van der Waals surface area contributed by atoms with Crippen LogP contribution in [0.15, 0.2) is 36.7 Å². The standard InChI is InChI=1S/C21H26N4O2/c26-20(18-10-6-11-22-19(18)25-13-3-4-14-25)24-15-16-7-5-12-23-21(16)27-17-8-1-2-9-17/h5-7,10-12,17H,1-4,8-9,13-15H2,(H,24,26). The SMILES string of the molecule is O=C(NCc1cccnc1OC1CCCC1)c1cccnc1N1CCCC1. The first-order valence-electron chi connectivity index (χ1n) is 9.90. The van der Waals surface area contributed by atoms with E-state index in [0.29, 0.717) is 18.0 Å². The zero-order valence-electron chi connectivity index (χ0n) is 15.6. The Labute approximate surface area is 160 Å². The summed E-state index contributed by atoms with van der Waals surface area (Å²) in [4.78, 5) is 23.8. The molecule has 1 aliphatic heterocycles. The molecule has 2 aromatic heterocycles. The maximum Gasteiger partial charge on any atom is 0.255 e. The number of hydrogen-bond donors (Lipinski definition) is 1. The molecule has 0 bridgehead atoms. The fraction of sp³-hybridized carbons (Fsp3) is 0.476. The van der Waals surface area contributed by atoms with Gasteiger partial charge in [-0.25, -0.2) is 9.97 Å². The van der Waals surface area contributed by atoms with Gasteiger partial charge in [-0.3, -0.25) is 4.79 Å². The lowest BCUT2D eigenvalue weighted by Gasteiger charge is -2.19. The van der Waals surface area contributed by atoms with Crippen molar-refractivity contribution in [2.24, 2.45) is 0 Å². The van der Waals surface area contributed by atoms with Crippen LogP contribution in [0, 0.1) is 0 Å². The van der Waals surface area contributed by atoms with Gasteiger partial charge in [-0.15, -0.1) is 0 Å². The molecule has 1 aliphatic carbocycles. The third kappa shape index (κ3) is 4.21. The van der Waals surface area contributed by atoms with Crippen LogP contribution < -0.4 is 15.0 Å². The Balaban J connectivity index is 1.44. The van der Waals surface area contributed by atoms with E-state index < -0.39 is 0 Å². The molecule has 6 nitrogen and oxygen atoms in total. The second kappa shape index (κ2) is 8.37. The number of hydrogen-bond acceptors (Lipinski definition) is 5. The molecule has 0 spiro atoms. The summed E-state index contributed by atoms with van der Waals surface area (Å²) in [5.74, 6) is 1.30. The molecule has 0 unspecified atom stereocenters. The predicted octanol–water partition coefficient (Wildman–Crippen LogP) is 3.33. The van der Waals surface area contributed by atoms with Crippen LogP contribution in [0.5, 0.6) is 5.88 Å². The summed E-state index contributed by atoms with van der Waals surface area (Å²) in [7, 11) is 0. The van der Waals surface area contributed by atoms with E-state index in [1.54, 1.807) is 12.4 Å². The second-order valence-corrected chi connectivity index (χ2v) is 7.24. The van der Waals surface area contributed by atoms with Crippen LogP contribution in [-0.2, 0) is 6.54 Å². The summed E-state index contributed by atoms with van der Waals surface area (Å²) in [6.45, 7) is 2.31. The predicted molar refractivity (Wildman–Crippen MR) is 104 cm³/mol. The fourth-order valence-electron chi connectivity index (χ4n) is 3.85. The number of pyridine rings is 2. The number of rotatable bonds is 6. The van der Waals surface area contributed by atoms with E-state index in [4.69, 9.17) is 4.74 Å². The highest BCUT2D eigenvalue weighted by Gasteiger charge is 2.21. The molecule has 0 radical (unpaired) electrons. The Morgan fingerprint density at radius 3 is 2.63 bits per heavy atom. The summed E-state index contributed by atoms with van der Waals surface area (Å²) in [6, 6.07) is 7.49. The first-order chi connectivity index (χ1) is 13.3. The van der Waals surface area contributed by atoms with Crippen molar-refractivity contribution in [1.29, 1.82) is 0 Å². The van der Waals surface area contributed by atoms with Gasteiger partial charge >= 0.3 is 0 Å². The van der Waals surface area contributed by atoms with Crippen LogP contribution in [0.3, 0.4) is 0 Å². The highest BCUT2D eigenvalue weighted by atomic mass is 16.5. The maximum absolute atomic E-state index is 12.8. The summed E-state index contributed by atoms with van der Waals surface area (Å²) in [5, 5.41) is 3.02. The topological polar surface area (TPSA) is 67.3 Å². The molecule has 1 amide bonds. The van der Waals surface area contributed by atoms with E-state index >= 15 is 0 Å². The van der Waals surface area contributed by atoms with Crippen molar-refractivity contribution in [1.82, 2.24) is 15.3 Å². The van der Waals surface area contributed by atoms with E-state index in [9.17, 15) is 4.79 Å². The fourth-order valence-corrected chi connectivity index (χ4v) is 3.85. The van der Waals surface area contributed by atoms with Gasteiger partial charge in [0.15, 0.2) is 0 Å². The third-order valence-electron chi connectivity index (χ3n) is 5.31. The molecule has 2 aromatic rings. The van der Waals surface area contributed by atoms with Crippen molar-refractivity contribution in [3.63, 3.8) is 0 Å². The average molecular weight is 366 g/mol. The molecule has 1 saturated carbocycles. The van der Waals surface area contributed by atoms with E-state index in [2.05, 4.69) is 20.2 Å². The van der Waals surface area contributed by atoms with Crippen LogP contribution in [0.1, 0.15) is 54.4 Å². The van der Waals surface area contributed by atoms with Crippen LogP contribution in [0.4, 0.5) is 5.82 Å². The second-order valence-electron chi connectivity index (χ2n) is 7.24. The number of amides is 1. The van der Waals surface area contributed by atoms with Crippen molar-refractivity contribution < 1.29 is 9.53 Å². The van der Waals surface area contributed by atoms with E-state index in [-0.39, 0.29) is 12.0 Å². The molecule has 3 heterocycles. The van der Waals surface area contributed by atoms with Crippen LogP contribution in [-0.4, -0.2) is 35.1 Å². The Morgan fingerprint density at radius 1 is 1.07 bits per heavy atom. The van der Waals surface area contributed by atoms with Gasteiger partial charge in [0.25, 0.3) is 5.91 Å². The highest BCUT2D eigenvalue weighted by Crippen LogP contribution is 2.25. The van der Waals surface area contributed by atoms with Crippen LogP contribution in [0.2, 0.25) is 0 Å². The molecule has 142 valence electrons. The minimum absolute atomic E-state index is 0.110. The number of nitrogens with one attached hydrogen (secondary N) is 1. The van der Waals surface area contributed by atoms with E-state index in [1.165, 1.54) is 12.8 Å². The van der Waals surface area contributed by atoms with Crippen molar-refractivity contribution in [2.75, 3.05) is 18.0 Å².